The molecule has 0 bridgehead atoms. The van der Waals surface area contributed by atoms with Crippen molar-refractivity contribution >= 4 is 57.8 Å². The number of hydrogen-bond acceptors (Lipinski definition) is 5. The van der Waals surface area contributed by atoms with Crippen LogP contribution in [0.25, 0.3) is 6.08 Å². The summed E-state index contributed by atoms with van der Waals surface area (Å²) in [6.45, 7) is 2.27. The van der Waals surface area contributed by atoms with Gasteiger partial charge in [-0.15, -0.1) is 0 Å². The zero-order valence-corrected chi connectivity index (χ0v) is 19.0. The van der Waals surface area contributed by atoms with Gasteiger partial charge in [0.2, 0.25) is 5.91 Å². The topological polar surface area (TPSA) is 86.7 Å². The highest BCUT2D eigenvalue weighted by molar-refractivity contribution is 8.26. The first-order chi connectivity index (χ1) is 15.3. The van der Waals surface area contributed by atoms with E-state index in [1.165, 1.54) is 28.8 Å². The van der Waals surface area contributed by atoms with Crippen LogP contribution in [0.5, 0.6) is 0 Å². The molecule has 2 aromatic carbocycles. The van der Waals surface area contributed by atoms with Gasteiger partial charge in [-0.1, -0.05) is 66.5 Å². The monoisotopic (exact) mass is 466 g/mol. The van der Waals surface area contributed by atoms with Crippen molar-refractivity contribution in [2.45, 2.75) is 19.8 Å². The van der Waals surface area contributed by atoms with Crippen LogP contribution in [-0.4, -0.2) is 38.7 Å². The molecular weight excluding hydrogens is 444 g/mol. The summed E-state index contributed by atoms with van der Waals surface area (Å²) in [4.78, 5) is 38.0. The largest absolute Gasteiger partial charge is 0.478 e. The SMILES string of the molecule is CC(=Cc1ccccc1)C=C1SC(=S)N(CCCC(=O)Nc2cccc(C(=O)O)c2)C1=O. The number of hydrogen-bond donors (Lipinski definition) is 2. The molecule has 2 N–H and O–H groups in total. The number of carbonyl (C=O) groups is 3. The Balaban J connectivity index is 1.53. The Bertz CT molecular complexity index is 1110. The minimum absolute atomic E-state index is 0.101. The van der Waals surface area contributed by atoms with Gasteiger partial charge in [0.05, 0.1) is 10.5 Å². The average molecular weight is 467 g/mol. The van der Waals surface area contributed by atoms with Crippen molar-refractivity contribution in [2.24, 2.45) is 0 Å². The lowest BCUT2D eigenvalue weighted by Gasteiger charge is -2.14. The molecule has 1 fully saturated rings. The number of aromatic carboxylic acids is 1. The first kappa shape index (κ1) is 23.4. The first-order valence-electron chi connectivity index (χ1n) is 9.95. The van der Waals surface area contributed by atoms with Gasteiger partial charge in [-0.3, -0.25) is 14.5 Å². The molecule has 1 aliphatic rings. The number of rotatable bonds is 8. The van der Waals surface area contributed by atoms with Gasteiger partial charge in [0.1, 0.15) is 4.32 Å². The number of thiocarbonyl (C=S) groups is 1. The van der Waals surface area contributed by atoms with Crippen LogP contribution in [-0.2, 0) is 9.59 Å². The van der Waals surface area contributed by atoms with Crippen LogP contribution in [0.1, 0.15) is 35.7 Å². The summed E-state index contributed by atoms with van der Waals surface area (Å²) in [6.07, 6.45) is 4.44. The van der Waals surface area contributed by atoms with E-state index in [-0.39, 0.29) is 23.8 Å². The highest BCUT2D eigenvalue weighted by atomic mass is 32.2. The van der Waals surface area contributed by atoms with Crippen molar-refractivity contribution in [3.8, 4) is 0 Å². The van der Waals surface area contributed by atoms with E-state index in [9.17, 15) is 14.4 Å². The van der Waals surface area contributed by atoms with Crippen molar-refractivity contribution in [2.75, 3.05) is 11.9 Å². The van der Waals surface area contributed by atoms with Gasteiger partial charge in [0, 0.05) is 18.7 Å². The second-order valence-electron chi connectivity index (χ2n) is 7.17. The lowest BCUT2D eigenvalue weighted by molar-refractivity contribution is -0.122. The molecule has 3 rings (SSSR count). The standard InChI is InChI=1S/C24H22N2O4S2/c1-16(13-17-7-3-2-4-8-17)14-20-22(28)26(24(31)32-20)12-6-11-21(27)25-19-10-5-9-18(15-19)23(29)30/h2-5,7-10,13-15H,6,11-12H2,1H3,(H,25,27)(H,29,30). The lowest BCUT2D eigenvalue weighted by Crippen LogP contribution is -2.29. The fourth-order valence-electron chi connectivity index (χ4n) is 3.10. The van der Waals surface area contributed by atoms with Crippen molar-refractivity contribution in [1.82, 2.24) is 4.90 Å². The van der Waals surface area contributed by atoms with Crippen LogP contribution in [0.3, 0.4) is 0 Å². The summed E-state index contributed by atoms with van der Waals surface area (Å²) in [7, 11) is 0. The molecule has 1 saturated heterocycles. The molecule has 164 valence electrons. The molecule has 2 aromatic rings. The molecule has 0 spiro atoms. The molecule has 1 heterocycles. The third kappa shape index (κ3) is 6.38. The molecule has 0 unspecified atom stereocenters. The summed E-state index contributed by atoms with van der Waals surface area (Å²) < 4.78 is 0.475. The molecule has 8 heteroatoms. The first-order valence-corrected chi connectivity index (χ1v) is 11.2. The number of benzene rings is 2. The second-order valence-corrected chi connectivity index (χ2v) is 8.85. The Morgan fingerprint density at radius 1 is 1.16 bits per heavy atom. The number of anilines is 1. The molecule has 0 aromatic heterocycles. The normalized spacial score (nSPS) is 15.3. The molecule has 6 nitrogen and oxygen atoms in total. The third-order valence-electron chi connectivity index (χ3n) is 4.61. The van der Waals surface area contributed by atoms with Gasteiger partial charge in [-0.25, -0.2) is 4.79 Å². The summed E-state index contributed by atoms with van der Waals surface area (Å²) in [5.74, 6) is -1.47. The number of nitrogens with zero attached hydrogens (tertiary/aromatic N) is 1. The smallest absolute Gasteiger partial charge is 0.335 e. The van der Waals surface area contributed by atoms with Gasteiger partial charge in [0.15, 0.2) is 0 Å². The van der Waals surface area contributed by atoms with Crippen molar-refractivity contribution in [1.29, 1.82) is 0 Å². The van der Waals surface area contributed by atoms with Crippen LogP contribution < -0.4 is 5.32 Å². The second kappa shape index (κ2) is 10.9. The number of allylic oxidation sites excluding steroid dienone is 2. The molecule has 0 atom stereocenters. The molecular formula is C24H22N2O4S2. The number of carbonyl (C=O) groups excluding carboxylic acids is 2. The summed E-state index contributed by atoms with van der Waals surface area (Å²) in [6, 6.07) is 15.9. The van der Waals surface area contributed by atoms with Gasteiger partial charge < -0.3 is 10.4 Å². The fourth-order valence-corrected chi connectivity index (χ4v) is 4.46. The van der Waals surface area contributed by atoms with Gasteiger partial charge in [-0.2, -0.15) is 0 Å². The van der Waals surface area contributed by atoms with Gasteiger partial charge >= 0.3 is 5.97 Å². The number of amides is 2. The van der Waals surface area contributed by atoms with E-state index < -0.39 is 5.97 Å². The van der Waals surface area contributed by atoms with Crippen LogP contribution >= 0.6 is 24.0 Å². The molecule has 0 radical (unpaired) electrons. The van der Waals surface area contributed by atoms with Gasteiger partial charge in [-0.05, 0) is 48.8 Å². The van der Waals surface area contributed by atoms with Crippen molar-refractivity contribution in [3.63, 3.8) is 0 Å². The van der Waals surface area contributed by atoms with Crippen LogP contribution in [0.2, 0.25) is 0 Å². The van der Waals surface area contributed by atoms with E-state index in [1.807, 2.05) is 49.4 Å². The Hall–Kier alpha value is -3.23. The van der Waals surface area contributed by atoms with Gasteiger partial charge in [0.25, 0.3) is 5.91 Å². The molecule has 2 amide bonds. The zero-order chi connectivity index (χ0) is 23.1. The molecule has 0 aliphatic carbocycles. The third-order valence-corrected chi connectivity index (χ3v) is 5.98. The Kier molecular flexibility index (Phi) is 7.97. The minimum Gasteiger partial charge on any atom is -0.478 e. The van der Waals surface area contributed by atoms with Crippen LogP contribution in [0, 0.1) is 0 Å². The summed E-state index contributed by atoms with van der Waals surface area (Å²) >= 11 is 6.61. The van der Waals surface area contributed by atoms with E-state index in [2.05, 4.69) is 5.32 Å². The van der Waals surface area contributed by atoms with E-state index in [1.54, 1.807) is 12.1 Å². The maximum absolute atomic E-state index is 12.7. The van der Waals surface area contributed by atoms with E-state index in [4.69, 9.17) is 17.3 Å². The quantitative estimate of drug-likeness (QED) is 0.423. The molecule has 32 heavy (non-hydrogen) atoms. The van der Waals surface area contributed by atoms with E-state index in [0.717, 1.165) is 11.1 Å². The van der Waals surface area contributed by atoms with Crippen LogP contribution in [0.4, 0.5) is 5.69 Å². The van der Waals surface area contributed by atoms with E-state index in [0.29, 0.717) is 27.9 Å². The Morgan fingerprint density at radius 2 is 1.91 bits per heavy atom. The van der Waals surface area contributed by atoms with Crippen LogP contribution in [0.15, 0.2) is 71.2 Å². The number of nitrogens with one attached hydrogen (secondary N) is 1. The Labute approximate surface area is 196 Å². The Morgan fingerprint density at radius 3 is 2.62 bits per heavy atom. The predicted molar refractivity (Wildman–Crippen MR) is 131 cm³/mol. The maximum atomic E-state index is 12.7. The predicted octanol–water partition coefficient (Wildman–Crippen LogP) is 4.95. The average Bonchev–Trinajstić information content (AvgIpc) is 3.01. The number of thioether (sulfide) groups is 1. The summed E-state index contributed by atoms with van der Waals surface area (Å²) in [5.41, 5.74) is 2.52. The molecule has 0 saturated carbocycles. The zero-order valence-electron chi connectivity index (χ0n) is 17.4. The highest BCUT2D eigenvalue weighted by Gasteiger charge is 2.31. The maximum Gasteiger partial charge on any atom is 0.335 e. The number of carboxylic acids is 1. The highest BCUT2D eigenvalue weighted by Crippen LogP contribution is 2.32. The summed E-state index contributed by atoms with van der Waals surface area (Å²) in [5, 5.41) is 11.7. The minimum atomic E-state index is -1.06. The fraction of sp³-hybridized carbons (Fsp3) is 0.167. The lowest BCUT2D eigenvalue weighted by atomic mass is 10.1. The molecule has 1 aliphatic heterocycles. The van der Waals surface area contributed by atoms with E-state index >= 15 is 0 Å². The number of carboxylic acid groups (broad SMARTS) is 1. The van der Waals surface area contributed by atoms with Crippen molar-refractivity contribution < 1.29 is 19.5 Å². The van der Waals surface area contributed by atoms with Crippen molar-refractivity contribution in [3.05, 3.63) is 82.3 Å².